The first-order valence-corrected chi connectivity index (χ1v) is 26.7. The predicted octanol–water partition coefficient (Wildman–Crippen LogP) is 19.1. The summed E-state index contributed by atoms with van der Waals surface area (Å²) in [6, 6.07) is 94.1. The second-order valence-corrected chi connectivity index (χ2v) is 19.9. The van der Waals surface area contributed by atoms with Crippen molar-refractivity contribution in [2.45, 2.75) is 0 Å². The van der Waals surface area contributed by atoms with Crippen molar-refractivity contribution in [1.29, 1.82) is 0 Å². The van der Waals surface area contributed by atoms with Crippen LogP contribution in [-0.4, -0.2) is 24.9 Å². The molecule has 0 saturated carbocycles. The van der Waals surface area contributed by atoms with Gasteiger partial charge in [0.2, 0.25) is 0 Å². The van der Waals surface area contributed by atoms with Crippen LogP contribution < -0.4 is 0 Å². The summed E-state index contributed by atoms with van der Waals surface area (Å²) in [5.41, 5.74) is 19.3. The van der Waals surface area contributed by atoms with Gasteiger partial charge in [0.25, 0.3) is 0 Å². The van der Waals surface area contributed by atoms with Crippen LogP contribution in [0.4, 0.5) is 0 Å². The highest BCUT2D eigenvalue weighted by Gasteiger charge is 2.21. The lowest BCUT2D eigenvalue weighted by molar-refractivity contribution is 0.669. The molecule has 0 amide bonds. The lowest BCUT2D eigenvalue weighted by atomic mass is 9.94. The number of hydrogen-bond acceptors (Lipinski definition) is 7. The maximum atomic E-state index is 6.84. The van der Waals surface area contributed by atoms with Gasteiger partial charge in [0.15, 0.2) is 23.3 Å². The van der Waals surface area contributed by atoms with E-state index in [1.165, 1.54) is 0 Å². The molecule has 0 atom stereocenters. The molecule has 0 aliphatic heterocycles. The topological polar surface area (TPSA) is 90.7 Å². The highest BCUT2D eigenvalue weighted by atomic mass is 16.3. The van der Waals surface area contributed by atoms with Crippen LogP contribution in [0, 0.1) is 0 Å². The Kier molecular flexibility index (Phi) is 11.4. The molecular weight excluding hydrogens is 979 g/mol. The van der Waals surface area contributed by atoms with E-state index in [0.717, 1.165) is 133 Å². The number of fused-ring (bicyclic) bond motifs is 6. The second kappa shape index (κ2) is 19.6. The van der Waals surface area contributed by atoms with Gasteiger partial charge >= 0.3 is 0 Å². The van der Waals surface area contributed by atoms with E-state index >= 15 is 0 Å². The highest BCUT2D eigenvalue weighted by Crippen LogP contribution is 2.43. The third-order valence-electron chi connectivity index (χ3n) is 15.0. The molecule has 15 aromatic rings. The molecule has 0 radical (unpaired) electrons. The Hall–Kier alpha value is -10.9. The highest BCUT2D eigenvalue weighted by molar-refractivity contribution is 6.16. The first-order valence-electron chi connectivity index (χ1n) is 26.7. The van der Waals surface area contributed by atoms with E-state index in [1.807, 2.05) is 121 Å². The van der Waals surface area contributed by atoms with Crippen molar-refractivity contribution in [3.05, 3.63) is 273 Å². The van der Waals surface area contributed by atoms with E-state index in [4.69, 9.17) is 33.8 Å². The predicted molar refractivity (Wildman–Crippen MR) is 324 cm³/mol. The summed E-state index contributed by atoms with van der Waals surface area (Å²) < 4.78 is 13.5. The minimum absolute atomic E-state index is 0.588. The second-order valence-electron chi connectivity index (χ2n) is 19.9. The molecule has 0 fully saturated rings. The molecule has 4 aromatic heterocycles. The van der Waals surface area contributed by atoms with Crippen molar-refractivity contribution < 1.29 is 8.83 Å². The number of para-hydroxylation sites is 1. The van der Waals surface area contributed by atoms with E-state index in [0.29, 0.717) is 23.3 Å². The van der Waals surface area contributed by atoms with Gasteiger partial charge < -0.3 is 8.83 Å². The zero-order valence-corrected chi connectivity index (χ0v) is 43.0. The van der Waals surface area contributed by atoms with Crippen molar-refractivity contribution in [3.63, 3.8) is 0 Å². The van der Waals surface area contributed by atoms with Crippen LogP contribution >= 0.6 is 0 Å². The molecule has 374 valence electrons. The number of furan rings is 2. The van der Waals surface area contributed by atoms with E-state index in [1.54, 1.807) is 0 Å². The van der Waals surface area contributed by atoms with Gasteiger partial charge in [-0.15, -0.1) is 0 Å². The van der Waals surface area contributed by atoms with Crippen molar-refractivity contribution in [2.75, 3.05) is 0 Å². The lowest BCUT2D eigenvalue weighted by Crippen LogP contribution is -2.00. The van der Waals surface area contributed by atoms with Gasteiger partial charge in [0, 0.05) is 60.5 Å². The standard InChI is InChI=1S/C73H45N5O2/c1-5-19-46(20-6-1)62-45-63(75-70(74-62)47-21-7-2-8-22-47)58-34-17-38-65-67(58)60-35-16-33-57(69(60)80-65)56-32-15-31-54(43-56)52-29-13-27-50(41-52)51-28-14-30-53(42-51)55-39-40-59-66(44-55)79-64-37-18-36-61(68(59)64)73-77-71(48-23-9-3-10-24-48)76-72(78-73)49-25-11-4-12-26-49/h1-45H. The molecule has 0 aliphatic carbocycles. The number of benzene rings is 11. The minimum atomic E-state index is 0.588. The third-order valence-corrected chi connectivity index (χ3v) is 15.0. The van der Waals surface area contributed by atoms with Crippen LogP contribution in [0.5, 0.6) is 0 Å². The molecule has 80 heavy (non-hydrogen) atoms. The van der Waals surface area contributed by atoms with Crippen LogP contribution in [0.25, 0.3) is 156 Å². The summed E-state index contributed by atoms with van der Waals surface area (Å²) in [4.78, 5) is 25.3. The molecule has 7 heteroatoms. The van der Waals surface area contributed by atoms with Gasteiger partial charge in [-0.2, -0.15) is 0 Å². The Bertz CT molecular complexity index is 4710. The average Bonchev–Trinajstić information content (AvgIpc) is 4.27. The summed E-state index contributed by atoms with van der Waals surface area (Å²) in [6.45, 7) is 0. The summed E-state index contributed by atoms with van der Waals surface area (Å²) in [5, 5.41) is 4.00. The Morgan fingerprint density at radius 2 is 0.625 bits per heavy atom. The Balaban J connectivity index is 0.752. The fourth-order valence-electron chi connectivity index (χ4n) is 11.1. The van der Waals surface area contributed by atoms with Crippen LogP contribution in [0.15, 0.2) is 282 Å². The van der Waals surface area contributed by atoms with Gasteiger partial charge in [-0.05, 0) is 87.5 Å². The summed E-state index contributed by atoms with van der Waals surface area (Å²) in [7, 11) is 0. The number of rotatable bonds is 10. The van der Waals surface area contributed by atoms with Gasteiger partial charge in [0.05, 0.1) is 11.4 Å². The zero-order valence-electron chi connectivity index (χ0n) is 43.0. The molecule has 0 N–H and O–H groups in total. The number of aromatic nitrogens is 5. The smallest absolute Gasteiger partial charge is 0.164 e. The lowest BCUT2D eigenvalue weighted by Gasteiger charge is -2.11. The molecule has 0 bridgehead atoms. The van der Waals surface area contributed by atoms with Crippen molar-refractivity contribution in [2.24, 2.45) is 0 Å². The third kappa shape index (κ3) is 8.47. The van der Waals surface area contributed by atoms with E-state index in [2.05, 4.69) is 152 Å². The molecule has 0 unspecified atom stereocenters. The molecule has 4 heterocycles. The maximum absolute atomic E-state index is 6.84. The van der Waals surface area contributed by atoms with Crippen LogP contribution in [0.2, 0.25) is 0 Å². The molecule has 0 aliphatic rings. The summed E-state index contributed by atoms with van der Waals surface area (Å²) in [6.07, 6.45) is 0. The quantitative estimate of drug-likeness (QED) is 0.135. The molecule has 0 spiro atoms. The monoisotopic (exact) mass is 1020 g/mol. The summed E-state index contributed by atoms with van der Waals surface area (Å²) in [5.74, 6) is 2.49. The summed E-state index contributed by atoms with van der Waals surface area (Å²) >= 11 is 0. The molecule has 15 rings (SSSR count). The maximum Gasteiger partial charge on any atom is 0.164 e. The van der Waals surface area contributed by atoms with Crippen LogP contribution in [0.3, 0.4) is 0 Å². The zero-order chi connectivity index (χ0) is 52.9. The van der Waals surface area contributed by atoms with Gasteiger partial charge in [-0.3, -0.25) is 0 Å². The Labute approximate surface area is 460 Å². The minimum Gasteiger partial charge on any atom is -0.456 e. The fraction of sp³-hybridized carbons (Fsp3) is 0. The normalized spacial score (nSPS) is 11.5. The van der Waals surface area contributed by atoms with Crippen molar-refractivity contribution in [1.82, 2.24) is 24.9 Å². The molecule has 0 saturated heterocycles. The Morgan fingerprint density at radius 1 is 0.212 bits per heavy atom. The van der Waals surface area contributed by atoms with E-state index in [-0.39, 0.29) is 0 Å². The van der Waals surface area contributed by atoms with Crippen LogP contribution in [0.1, 0.15) is 0 Å². The first kappa shape index (κ1) is 46.4. The average molecular weight is 1020 g/mol. The largest absolute Gasteiger partial charge is 0.456 e. The van der Waals surface area contributed by atoms with E-state index in [9.17, 15) is 0 Å². The molecule has 7 nitrogen and oxygen atoms in total. The first-order chi connectivity index (χ1) is 39.6. The van der Waals surface area contributed by atoms with Crippen LogP contribution in [-0.2, 0) is 0 Å². The fourth-order valence-corrected chi connectivity index (χ4v) is 11.1. The van der Waals surface area contributed by atoms with Crippen molar-refractivity contribution in [3.8, 4) is 113 Å². The SMILES string of the molecule is c1ccc(-c2cc(-c3cccc4oc5c(-c6cccc(-c7cccc(-c8cccc(-c9ccc%10c(c9)oc9cccc(-c%11nc(-c%12ccccc%12)nc(-c%12ccccc%12)n%11)c9%10)c8)c7)c6)cccc5c34)nc(-c3ccccc3)n2)cc1. The molecule has 11 aromatic carbocycles. The number of hydrogen-bond donors (Lipinski definition) is 0. The number of nitrogens with zero attached hydrogens (tertiary/aromatic N) is 5. The van der Waals surface area contributed by atoms with Gasteiger partial charge in [-0.25, -0.2) is 24.9 Å². The van der Waals surface area contributed by atoms with Gasteiger partial charge in [0.1, 0.15) is 22.3 Å². The van der Waals surface area contributed by atoms with Crippen molar-refractivity contribution >= 4 is 43.9 Å². The van der Waals surface area contributed by atoms with Gasteiger partial charge in [-0.1, -0.05) is 224 Å². The molecular formula is C73H45N5O2. The van der Waals surface area contributed by atoms with E-state index < -0.39 is 0 Å². The Morgan fingerprint density at radius 3 is 1.21 bits per heavy atom.